The highest BCUT2D eigenvalue weighted by Crippen LogP contribution is 2.33. The molecule has 0 aliphatic carbocycles. The molecule has 1 aliphatic heterocycles. The van der Waals surface area contributed by atoms with Gasteiger partial charge in [0.25, 0.3) is 0 Å². The third-order valence-corrected chi connectivity index (χ3v) is 5.68. The minimum Gasteiger partial charge on any atom is -0.378 e. The summed E-state index contributed by atoms with van der Waals surface area (Å²) in [7, 11) is 0. The number of anilines is 1. The average Bonchev–Trinajstić information content (AvgIpc) is 3.05. The van der Waals surface area contributed by atoms with Gasteiger partial charge in [-0.2, -0.15) is 0 Å². The lowest BCUT2D eigenvalue weighted by Crippen LogP contribution is -2.38. The van der Waals surface area contributed by atoms with Crippen LogP contribution >= 0.6 is 15.9 Å². The van der Waals surface area contributed by atoms with Gasteiger partial charge in [0.05, 0.1) is 0 Å². The number of halogens is 1. The van der Waals surface area contributed by atoms with E-state index in [-0.39, 0.29) is 0 Å². The summed E-state index contributed by atoms with van der Waals surface area (Å²) >= 11 is 3.48. The third kappa shape index (κ3) is 4.42. The van der Waals surface area contributed by atoms with Crippen molar-refractivity contribution in [2.75, 3.05) is 18.4 Å². The van der Waals surface area contributed by atoms with Crippen molar-refractivity contribution in [1.29, 1.82) is 0 Å². The first-order valence-electron chi connectivity index (χ1n) is 9.44. The van der Waals surface area contributed by atoms with Gasteiger partial charge in [0, 0.05) is 35.7 Å². The van der Waals surface area contributed by atoms with Gasteiger partial charge in [-0.05, 0) is 49.6 Å². The molecule has 1 aromatic heterocycles. The molecule has 2 aromatic carbocycles. The number of rotatable bonds is 5. The fourth-order valence-corrected chi connectivity index (χ4v) is 3.88. The molecule has 140 valence electrons. The maximum atomic E-state index is 5.62. The molecule has 5 heteroatoms. The molecule has 0 unspecified atom stereocenters. The topological polar surface area (TPSA) is 41.3 Å². The van der Waals surface area contributed by atoms with Crippen LogP contribution in [-0.4, -0.2) is 29.2 Å². The second kappa shape index (κ2) is 8.28. The molecule has 4 nitrogen and oxygen atoms in total. The zero-order chi connectivity index (χ0) is 18.6. The molecule has 0 amide bonds. The van der Waals surface area contributed by atoms with E-state index in [0.29, 0.717) is 6.04 Å². The van der Waals surface area contributed by atoms with Crippen LogP contribution < -0.4 is 5.32 Å². The summed E-state index contributed by atoms with van der Waals surface area (Å²) in [5, 5.41) is 7.89. The monoisotopic (exact) mass is 425 g/mol. The highest BCUT2D eigenvalue weighted by Gasteiger charge is 2.23. The summed E-state index contributed by atoms with van der Waals surface area (Å²) in [5.74, 6) is 0.826. The fourth-order valence-electron chi connectivity index (χ4n) is 3.62. The second-order valence-electron chi connectivity index (χ2n) is 7.16. The van der Waals surface area contributed by atoms with Crippen LogP contribution in [0, 0.1) is 6.92 Å². The molecule has 1 fully saturated rings. The lowest BCUT2D eigenvalue weighted by molar-refractivity contribution is 0.211. The Labute approximate surface area is 168 Å². The van der Waals surface area contributed by atoms with E-state index in [0.717, 1.165) is 59.7 Å². The van der Waals surface area contributed by atoms with Gasteiger partial charge in [0.2, 0.25) is 0 Å². The molecule has 1 saturated heterocycles. The average molecular weight is 426 g/mol. The maximum Gasteiger partial charge on any atom is 0.190 e. The number of nitrogens with one attached hydrogen (secondary N) is 1. The van der Waals surface area contributed by atoms with Gasteiger partial charge in [-0.25, -0.2) is 0 Å². The number of piperidine rings is 1. The van der Waals surface area contributed by atoms with Crippen LogP contribution in [0.25, 0.3) is 11.3 Å². The second-order valence-corrected chi connectivity index (χ2v) is 8.08. The van der Waals surface area contributed by atoms with Crippen molar-refractivity contribution < 1.29 is 4.52 Å². The molecule has 0 bridgehead atoms. The lowest BCUT2D eigenvalue weighted by atomic mass is 10.0. The minimum atomic E-state index is 0.448. The number of hydrogen-bond donors (Lipinski definition) is 1. The standard InChI is InChI=1S/C22H24BrN3O/c1-16-21(22(27-25-16)18-7-9-19(23)10-8-18)24-20-11-13-26(14-12-20)15-17-5-3-2-4-6-17/h2-10,20,24H,11-15H2,1H3. The molecule has 0 saturated carbocycles. The van der Waals surface area contributed by atoms with E-state index in [2.05, 4.69) is 73.8 Å². The smallest absolute Gasteiger partial charge is 0.190 e. The molecular formula is C22H24BrN3O. The van der Waals surface area contributed by atoms with E-state index < -0.39 is 0 Å². The molecule has 1 aliphatic rings. The van der Waals surface area contributed by atoms with Gasteiger partial charge in [0.15, 0.2) is 5.76 Å². The Bertz CT molecular complexity index is 868. The number of hydrogen-bond acceptors (Lipinski definition) is 4. The molecule has 0 spiro atoms. The largest absolute Gasteiger partial charge is 0.378 e. The van der Waals surface area contributed by atoms with Gasteiger partial charge in [-0.3, -0.25) is 4.90 Å². The number of likely N-dealkylation sites (tertiary alicyclic amines) is 1. The van der Waals surface area contributed by atoms with Gasteiger partial charge in [-0.1, -0.05) is 51.4 Å². The summed E-state index contributed by atoms with van der Waals surface area (Å²) in [6.07, 6.45) is 2.24. The minimum absolute atomic E-state index is 0.448. The van der Waals surface area contributed by atoms with Gasteiger partial charge in [0.1, 0.15) is 11.4 Å². The summed E-state index contributed by atoms with van der Waals surface area (Å²) < 4.78 is 6.68. The predicted molar refractivity (Wildman–Crippen MR) is 113 cm³/mol. The quantitative estimate of drug-likeness (QED) is 0.586. The first-order valence-corrected chi connectivity index (χ1v) is 10.2. The van der Waals surface area contributed by atoms with Crippen LogP contribution in [0.3, 0.4) is 0 Å². The molecular weight excluding hydrogens is 402 g/mol. The van der Waals surface area contributed by atoms with Crippen LogP contribution in [0.2, 0.25) is 0 Å². The first kappa shape index (κ1) is 18.3. The van der Waals surface area contributed by atoms with Crippen LogP contribution in [0.4, 0.5) is 5.69 Å². The Hall–Kier alpha value is -2.11. The van der Waals surface area contributed by atoms with Gasteiger partial charge in [-0.15, -0.1) is 0 Å². The van der Waals surface area contributed by atoms with E-state index in [9.17, 15) is 0 Å². The van der Waals surface area contributed by atoms with Crippen molar-refractivity contribution in [2.24, 2.45) is 0 Å². The van der Waals surface area contributed by atoms with E-state index in [1.54, 1.807) is 0 Å². The normalized spacial score (nSPS) is 15.8. The van der Waals surface area contributed by atoms with Crippen molar-refractivity contribution >= 4 is 21.6 Å². The van der Waals surface area contributed by atoms with Crippen LogP contribution in [0.15, 0.2) is 63.6 Å². The van der Waals surface area contributed by atoms with Crippen LogP contribution in [0.5, 0.6) is 0 Å². The number of aryl methyl sites for hydroxylation is 1. The van der Waals surface area contributed by atoms with E-state index in [4.69, 9.17) is 4.52 Å². The highest BCUT2D eigenvalue weighted by molar-refractivity contribution is 9.10. The fraction of sp³-hybridized carbons (Fsp3) is 0.318. The number of benzene rings is 2. The van der Waals surface area contributed by atoms with Crippen LogP contribution in [-0.2, 0) is 6.54 Å². The van der Waals surface area contributed by atoms with Crippen molar-refractivity contribution in [3.63, 3.8) is 0 Å². The molecule has 4 rings (SSSR count). The predicted octanol–water partition coefficient (Wildman–Crippen LogP) is 5.49. The summed E-state index contributed by atoms with van der Waals surface area (Å²) in [6, 6.07) is 19.3. The number of aromatic nitrogens is 1. The molecule has 2 heterocycles. The molecule has 0 atom stereocenters. The third-order valence-electron chi connectivity index (χ3n) is 5.15. The zero-order valence-electron chi connectivity index (χ0n) is 15.5. The van der Waals surface area contributed by atoms with Crippen molar-refractivity contribution in [3.8, 4) is 11.3 Å². The summed E-state index contributed by atoms with van der Waals surface area (Å²) in [5.41, 5.74) is 4.37. The van der Waals surface area contributed by atoms with Gasteiger partial charge >= 0.3 is 0 Å². The van der Waals surface area contributed by atoms with Gasteiger partial charge < -0.3 is 9.84 Å². The Morgan fingerprint density at radius 3 is 2.48 bits per heavy atom. The summed E-state index contributed by atoms with van der Waals surface area (Å²) in [6.45, 7) is 5.23. The number of nitrogens with zero attached hydrogens (tertiary/aromatic N) is 2. The van der Waals surface area contributed by atoms with Crippen molar-refractivity contribution in [1.82, 2.24) is 10.1 Å². The van der Waals surface area contributed by atoms with Crippen LogP contribution in [0.1, 0.15) is 24.1 Å². The first-order chi connectivity index (χ1) is 13.2. The van der Waals surface area contributed by atoms with E-state index >= 15 is 0 Å². The molecule has 1 N–H and O–H groups in total. The van der Waals surface area contributed by atoms with Crippen molar-refractivity contribution in [2.45, 2.75) is 32.4 Å². The van der Waals surface area contributed by atoms with Crippen molar-refractivity contribution in [3.05, 3.63) is 70.3 Å². The van der Waals surface area contributed by atoms with E-state index in [1.807, 2.05) is 19.1 Å². The Morgan fingerprint density at radius 1 is 1.07 bits per heavy atom. The highest BCUT2D eigenvalue weighted by atomic mass is 79.9. The lowest BCUT2D eigenvalue weighted by Gasteiger charge is -2.32. The Kier molecular flexibility index (Phi) is 5.60. The molecule has 3 aromatic rings. The Morgan fingerprint density at radius 2 is 1.78 bits per heavy atom. The maximum absolute atomic E-state index is 5.62. The SMILES string of the molecule is Cc1noc(-c2ccc(Br)cc2)c1NC1CCN(Cc2ccccc2)CC1. The molecule has 27 heavy (non-hydrogen) atoms. The van der Waals surface area contributed by atoms with E-state index in [1.165, 1.54) is 5.56 Å². The summed E-state index contributed by atoms with van der Waals surface area (Å²) in [4.78, 5) is 2.53. The molecule has 0 radical (unpaired) electrons. The zero-order valence-corrected chi connectivity index (χ0v) is 17.1. The Balaban J connectivity index is 1.39.